The molecule has 2 amide bonds. The summed E-state index contributed by atoms with van der Waals surface area (Å²) < 4.78 is 7.29. The fourth-order valence-corrected chi connectivity index (χ4v) is 4.51. The number of hydrazone groups is 1. The van der Waals surface area contributed by atoms with E-state index in [9.17, 15) is 9.59 Å². The first-order chi connectivity index (χ1) is 17.0. The molecule has 3 N–H and O–H groups in total. The summed E-state index contributed by atoms with van der Waals surface area (Å²) in [4.78, 5) is 23.7. The van der Waals surface area contributed by atoms with Crippen molar-refractivity contribution in [2.24, 2.45) is 10.8 Å². The average Bonchev–Trinajstić information content (AvgIpc) is 3.26. The second kappa shape index (κ2) is 11.7. The maximum atomic E-state index is 12.4. The lowest BCUT2D eigenvalue weighted by molar-refractivity contribution is -0.123. The summed E-state index contributed by atoms with van der Waals surface area (Å²) in [5.41, 5.74) is 11.0. The number of ether oxygens (including phenoxy) is 1. The third-order valence-corrected chi connectivity index (χ3v) is 6.16. The SMILES string of the molecule is NC(=O)Cn1cc(C=NNC(=O)COc2ccc(Cl)cc2C2CCCCC2)c(-c2ccccc2)n1. The number of nitrogens with one attached hydrogen (secondary N) is 1. The van der Waals surface area contributed by atoms with Crippen molar-refractivity contribution in [3.63, 3.8) is 0 Å². The van der Waals surface area contributed by atoms with E-state index in [0.717, 1.165) is 24.0 Å². The van der Waals surface area contributed by atoms with E-state index in [0.29, 0.717) is 27.9 Å². The Labute approximate surface area is 209 Å². The molecular weight excluding hydrogens is 466 g/mol. The molecule has 0 bridgehead atoms. The van der Waals surface area contributed by atoms with Crippen LogP contribution < -0.4 is 15.9 Å². The highest BCUT2D eigenvalue weighted by Crippen LogP contribution is 2.38. The summed E-state index contributed by atoms with van der Waals surface area (Å²) in [6.45, 7) is -0.233. The zero-order valence-electron chi connectivity index (χ0n) is 19.3. The van der Waals surface area contributed by atoms with Crippen molar-refractivity contribution in [2.75, 3.05) is 6.61 Å². The highest BCUT2D eigenvalue weighted by molar-refractivity contribution is 6.30. The molecule has 35 heavy (non-hydrogen) atoms. The molecule has 4 rings (SSSR count). The van der Waals surface area contributed by atoms with Crippen molar-refractivity contribution in [3.8, 4) is 17.0 Å². The topological polar surface area (TPSA) is 112 Å². The number of nitrogens with zero attached hydrogens (tertiary/aromatic N) is 3. The summed E-state index contributed by atoms with van der Waals surface area (Å²) in [7, 11) is 0. The highest BCUT2D eigenvalue weighted by Gasteiger charge is 2.20. The summed E-state index contributed by atoms with van der Waals surface area (Å²) in [5.74, 6) is 0.179. The van der Waals surface area contributed by atoms with E-state index in [1.54, 1.807) is 12.3 Å². The van der Waals surface area contributed by atoms with Gasteiger partial charge < -0.3 is 10.5 Å². The summed E-state index contributed by atoms with van der Waals surface area (Å²) >= 11 is 6.23. The summed E-state index contributed by atoms with van der Waals surface area (Å²) in [6.07, 6.45) is 8.96. The van der Waals surface area contributed by atoms with Crippen LogP contribution in [0, 0.1) is 0 Å². The van der Waals surface area contributed by atoms with E-state index in [1.807, 2.05) is 42.5 Å². The van der Waals surface area contributed by atoms with Gasteiger partial charge in [0.25, 0.3) is 5.91 Å². The Morgan fingerprint density at radius 3 is 2.69 bits per heavy atom. The molecule has 0 unspecified atom stereocenters. The number of aromatic nitrogens is 2. The minimum absolute atomic E-state index is 0.0572. The molecule has 3 aromatic rings. The second-order valence-corrected chi connectivity index (χ2v) is 9.00. The third kappa shape index (κ3) is 6.70. The molecule has 0 spiro atoms. The molecule has 182 valence electrons. The molecule has 9 heteroatoms. The van der Waals surface area contributed by atoms with Crippen LogP contribution in [0.15, 0.2) is 59.8 Å². The largest absolute Gasteiger partial charge is 0.483 e. The minimum atomic E-state index is -0.504. The van der Waals surface area contributed by atoms with E-state index in [1.165, 1.54) is 30.2 Å². The van der Waals surface area contributed by atoms with Gasteiger partial charge in [-0.25, -0.2) is 5.43 Å². The van der Waals surface area contributed by atoms with E-state index < -0.39 is 11.8 Å². The smallest absolute Gasteiger partial charge is 0.277 e. The Morgan fingerprint density at radius 1 is 1.17 bits per heavy atom. The number of nitrogens with two attached hydrogens (primary N) is 1. The van der Waals surface area contributed by atoms with Crippen LogP contribution >= 0.6 is 11.6 Å². The lowest BCUT2D eigenvalue weighted by Gasteiger charge is -2.24. The molecule has 8 nitrogen and oxygen atoms in total. The number of primary amides is 1. The van der Waals surface area contributed by atoms with Gasteiger partial charge in [0.2, 0.25) is 5.91 Å². The van der Waals surface area contributed by atoms with Gasteiger partial charge in [0.15, 0.2) is 6.61 Å². The predicted octanol–water partition coefficient (Wildman–Crippen LogP) is 4.27. The molecule has 1 saturated carbocycles. The number of carbonyl (C=O) groups excluding carboxylic acids is 2. The first-order valence-corrected chi connectivity index (χ1v) is 12.0. The van der Waals surface area contributed by atoms with Crippen LogP contribution in [0.25, 0.3) is 11.3 Å². The predicted molar refractivity (Wildman–Crippen MR) is 135 cm³/mol. The third-order valence-electron chi connectivity index (χ3n) is 5.92. The van der Waals surface area contributed by atoms with E-state index in [4.69, 9.17) is 22.1 Å². The van der Waals surface area contributed by atoms with Crippen molar-refractivity contribution in [2.45, 2.75) is 44.6 Å². The minimum Gasteiger partial charge on any atom is -0.483 e. The standard InChI is InChI=1S/C26H28ClN5O3/c27-21-11-12-23(22(13-21)18-7-3-1-4-8-18)35-17-25(34)30-29-14-20-15-32(16-24(28)33)31-26(20)19-9-5-2-6-10-19/h2,5-6,9-15,18H,1,3-4,7-8,16-17H2,(H2,28,33)(H,30,34). The molecule has 1 aliphatic rings. The van der Waals surface area contributed by atoms with Crippen molar-refractivity contribution >= 4 is 29.6 Å². The van der Waals surface area contributed by atoms with Crippen LogP contribution in [0.5, 0.6) is 5.75 Å². The number of hydrogen-bond donors (Lipinski definition) is 2. The molecule has 1 aliphatic carbocycles. The Kier molecular flexibility index (Phi) is 8.15. The van der Waals surface area contributed by atoms with Crippen molar-refractivity contribution in [1.82, 2.24) is 15.2 Å². The Balaban J connectivity index is 1.41. The second-order valence-electron chi connectivity index (χ2n) is 8.56. The van der Waals surface area contributed by atoms with Crippen LogP contribution in [0.1, 0.15) is 49.1 Å². The number of carbonyl (C=O) groups is 2. The van der Waals surface area contributed by atoms with E-state index in [-0.39, 0.29) is 13.2 Å². The lowest BCUT2D eigenvalue weighted by Crippen LogP contribution is -2.25. The first-order valence-electron chi connectivity index (χ1n) is 11.6. The number of benzene rings is 2. The van der Waals surface area contributed by atoms with Gasteiger partial charge in [-0.1, -0.05) is 61.2 Å². The number of amides is 2. The van der Waals surface area contributed by atoms with Crippen LogP contribution in [0.2, 0.25) is 5.02 Å². The Hall–Kier alpha value is -3.65. The van der Waals surface area contributed by atoms with Gasteiger partial charge in [0.1, 0.15) is 18.0 Å². The van der Waals surface area contributed by atoms with Crippen LogP contribution in [-0.4, -0.2) is 34.4 Å². The molecule has 2 aromatic carbocycles. The maximum absolute atomic E-state index is 12.4. The van der Waals surface area contributed by atoms with Crippen molar-refractivity contribution in [3.05, 3.63) is 70.9 Å². The van der Waals surface area contributed by atoms with E-state index >= 15 is 0 Å². The Morgan fingerprint density at radius 2 is 1.94 bits per heavy atom. The molecule has 0 radical (unpaired) electrons. The molecule has 0 atom stereocenters. The van der Waals surface area contributed by atoms with Gasteiger partial charge >= 0.3 is 0 Å². The maximum Gasteiger partial charge on any atom is 0.277 e. The number of rotatable bonds is 9. The summed E-state index contributed by atoms with van der Waals surface area (Å²) in [5, 5.41) is 9.16. The quantitative estimate of drug-likeness (QED) is 0.342. The van der Waals surface area contributed by atoms with Gasteiger partial charge in [-0.05, 0) is 42.5 Å². The van der Waals surface area contributed by atoms with E-state index in [2.05, 4.69) is 15.6 Å². The molecule has 0 aliphatic heterocycles. The molecule has 1 fully saturated rings. The van der Waals surface area contributed by atoms with Gasteiger partial charge in [-0.3, -0.25) is 14.3 Å². The number of hydrogen-bond acceptors (Lipinski definition) is 5. The van der Waals surface area contributed by atoms with Gasteiger partial charge in [0.05, 0.1) is 6.21 Å². The lowest BCUT2D eigenvalue weighted by atomic mass is 9.84. The van der Waals surface area contributed by atoms with Crippen molar-refractivity contribution < 1.29 is 14.3 Å². The molecule has 1 aromatic heterocycles. The fraction of sp³-hybridized carbons (Fsp3) is 0.308. The molecule has 1 heterocycles. The fourth-order valence-electron chi connectivity index (χ4n) is 4.33. The van der Waals surface area contributed by atoms with Crippen LogP contribution in [0.4, 0.5) is 0 Å². The normalized spacial score (nSPS) is 14.2. The van der Waals surface area contributed by atoms with Crippen molar-refractivity contribution in [1.29, 1.82) is 0 Å². The Bertz CT molecular complexity index is 1200. The molecular formula is C26H28ClN5O3. The average molecular weight is 494 g/mol. The van der Waals surface area contributed by atoms with Gasteiger partial charge in [-0.2, -0.15) is 10.2 Å². The first kappa shape index (κ1) is 24.5. The zero-order valence-corrected chi connectivity index (χ0v) is 20.1. The summed E-state index contributed by atoms with van der Waals surface area (Å²) in [6, 6.07) is 15.0. The van der Waals surface area contributed by atoms with Crippen LogP contribution in [0.3, 0.4) is 0 Å². The molecule has 0 saturated heterocycles. The van der Waals surface area contributed by atoms with Crippen LogP contribution in [-0.2, 0) is 16.1 Å². The zero-order chi connectivity index (χ0) is 24.6. The highest BCUT2D eigenvalue weighted by atomic mass is 35.5. The van der Waals surface area contributed by atoms with Gasteiger partial charge in [-0.15, -0.1) is 0 Å². The number of halogens is 1. The van der Waals surface area contributed by atoms with Gasteiger partial charge in [0, 0.05) is 22.3 Å². The monoisotopic (exact) mass is 493 g/mol.